The van der Waals surface area contributed by atoms with Crippen LogP contribution in [0.3, 0.4) is 0 Å². The van der Waals surface area contributed by atoms with Gasteiger partial charge in [0.2, 0.25) is 0 Å². The quantitative estimate of drug-likeness (QED) is 0.542. The van der Waals surface area contributed by atoms with Crippen molar-refractivity contribution in [3.63, 3.8) is 0 Å². The van der Waals surface area contributed by atoms with Crippen molar-refractivity contribution in [1.29, 1.82) is 0 Å². The molecule has 1 N–H and O–H groups in total. The van der Waals surface area contributed by atoms with E-state index >= 15 is 0 Å². The Hall–Kier alpha value is 0.280. The predicted molar refractivity (Wildman–Crippen MR) is 41.4 cm³/mol. The number of aromatic hydroxyl groups is 1. The zero-order valence-electron chi connectivity index (χ0n) is 4.76. The minimum atomic E-state index is 0. The van der Waals surface area contributed by atoms with Gasteiger partial charge in [0.25, 0.3) is 0 Å². The third-order valence-corrected chi connectivity index (χ3v) is 1.03. The summed E-state index contributed by atoms with van der Waals surface area (Å²) in [5, 5.41) is 8.76. The van der Waals surface area contributed by atoms with E-state index in [1.165, 1.54) is 5.56 Å². The van der Waals surface area contributed by atoms with Crippen molar-refractivity contribution in [1.82, 2.24) is 0 Å². The summed E-state index contributed by atoms with van der Waals surface area (Å²) in [5.41, 5.74) is 1.17. The van der Waals surface area contributed by atoms with Crippen LogP contribution < -0.4 is 0 Å². The van der Waals surface area contributed by atoms with Gasteiger partial charge in [-0.1, -0.05) is 17.7 Å². The second-order valence-electron chi connectivity index (χ2n) is 1.84. The molecular weight excluding hydrogens is 140 g/mol. The van der Waals surface area contributed by atoms with Crippen molar-refractivity contribution in [2.45, 2.75) is 6.92 Å². The zero-order valence-corrected chi connectivity index (χ0v) is 4.76. The van der Waals surface area contributed by atoms with Crippen molar-refractivity contribution < 1.29 is 5.11 Å². The molecule has 0 bridgehead atoms. The number of aryl methyl sites for hydroxylation is 1. The summed E-state index contributed by atoms with van der Waals surface area (Å²) in [4.78, 5) is 0. The average Bonchev–Trinajstić information content (AvgIpc) is 1.77. The van der Waals surface area contributed by atoms with Crippen LogP contribution in [-0.4, -0.2) is 42.8 Å². The van der Waals surface area contributed by atoms with Gasteiger partial charge in [-0.3, -0.25) is 0 Å². The Kier molecular flexibility index (Phi) is 4.28. The molecule has 2 heteroatoms. The number of phenolic OH excluding ortho intramolecular Hbond substituents is 1. The molecule has 9 heavy (non-hydrogen) atoms. The van der Waals surface area contributed by atoms with E-state index in [0.717, 1.165) is 0 Å². The van der Waals surface area contributed by atoms with Gasteiger partial charge >= 0.3 is 37.7 Å². The van der Waals surface area contributed by atoms with Gasteiger partial charge in [0.1, 0.15) is 5.75 Å². The summed E-state index contributed by atoms with van der Waals surface area (Å²) in [5.74, 6) is 0.329. The summed E-state index contributed by atoms with van der Waals surface area (Å²) in [6.07, 6.45) is 0. The Labute approximate surface area is 84.7 Å². The normalized spacial score (nSPS) is 8.11. The number of hydrogen-bond donors (Lipinski definition) is 1. The first-order valence-electron chi connectivity index (χ1n) is 2.54. The number of benzene rings is 1. The van der Waals surface area contributed by atoms with Crippen molar-refractivity contribution >= 4 is 37.7 Å². The molecule has 0 saturated heterocycles. The molecule has 0 spiro atoms. The molecule has 0 aliphatic carbocycles. The van der Waals surface area contributed by atoms with Crippen LogP contribution in [0.1, 0.15) is 5.56 Å². The number of hydrogen-bond acceptors (Lipinski definition) is 1. The van der Waals surface area contributed by atoms with Gasteiger partial charge in [0.15, 0.2) is 0 Å². The molecule has 1 aromatic carbocycles. The van der Waals surface area contributed by atoms with E-state index in [-0.39, 0.29) is 37.7 Å². The molecule has 1 nitrogen and oxygen atoms in total. The fourth-order valence-electron chi connectivity index (χ4n) is 0.545. The Bertz CT molecular complexity index is 148. The predicted octanol–water partition coefficient (Wildman–Crippen LogP) is 0.784. The minimum absolute atomic E-state index is 0. The SMILES string of the molecule is Cc1ccc(O)cc1.[CaH2]. The van der Waals surface area contributed by atoms with Crippen LogP contribution in [0.25, 0.3) is 0 Å². The van der Waals surface area contributed by atoms with Gasteiger partial charge in [0, 0.05) is 0 Å². The third kappa shape index (κ3) is 3.09. The van der Waals surface area contributed by atoms with E-state index < -0.39 is 0 Å². The van der Waals surface area contributed by atoms with E-state index in [1.54, 1.807) is 12.1 Å². The first-order valence-corrected chi connectivity index (χ1v) is 2.54. The van der Waals surface area contributed by atoms with Crippen LogP contribution in [0.2, 0.25) is 0 Å². The summed E-state index contributed by atoms with van der Waals surface area (Å²) < 4.78 is 0. The Balaban J connectivity index is 0.000000640. The van der Waals surface area contributed by atoms with E-state index in [4.69, 9.17) is 5.11 Å². The molecule has 0 aromatic heterocycles. The van der Waals surface area contributed by atoms with Gasteiger partial charge in [-0.05, 0) is 19.1 Å². The number of rotatable bonds is 0. The molecule has 0 aliphatic heterocycles. The van der Waals surface area contributed by atoms with Crippen LogP contribution in [0.5, 0.6) is 5.75 Å². The summed E-state index contributed by atoms with van der Waals surface area (Å²) >= 11 is 0. The fraction of sp³-hybridized carbons (Fsp3) is 0.143. The van der Waals surface area contributed by atoms with Crippen LogP contribution in [0, 0.1) is 6.92 Å². The summed E-state index contributed by atoms with van der Waals surface area (Å²) in [6.45, 7) is 1.99. The molecule has 0 atom stereocenters. The molecule has 0 unspecified atom stereocenters. The van der Waals surface area contributed by atoms with E-state index in [0.29, 0.717) is 5.75 Å². The third-order valence-electron chi connectivity index (χ3n) is 1.03. The molecule has 46 valence electrons. The number of phenols is 1. The maximum absolute atomic E-state index is 8.76. The van der Waals surface area contributed by atoms with Gasteiger partial charge in [-0.25, -0.2) is 0 Å². The molecular formula is C7H10CaO. The van der Waals surface area contributed by atoms with Crippen molar-refractivity contribution in [2.75, 3.05) is 0 Å². The summed E-state index contributed by atoms with van der Waals surface area (Å²) in [7, 11) is 0. The maximum atomic E-state index is 8.76. The Morgan fingerprint density at radius 2 is 1.56 bits per heavy atom. The zero-order chi connectivity index (χ0) is 5.98. The monoisotopic (exact) mass is 150 g/mol. The molecule has 0 heterocycles. The topological polar surface area (TPSA) is 20.2 Å². The van der Waals surface area contributed by atoms with Crippen LogP contribution in [0.15, 0.2) is 24.3 Å². The van der Waals surface area contributed by atoms with E-state index in [1.807, 2.05) is 19.1 Å². The average molecular weight is 150 g/mol. The molecule has 0 aliphatic rings. The fourth-order valence-corrected chi connectivity index (χ4v) is 0.545. The molecule has 1 rings (SSSR count). The molecule has 0 radical (unpaired) electrons. The van der Waals surface area contributed by atoms with Crippen LogP contribution in [0.4, 0.5) is 0 Å². The molecule has 0 saturated carbocycles. The first kappa shape index (κ1) is 9.28. The van der Waals surface area contributed by atoms with E-state index in [2.05, 4.69) is 0 Å². The molecule has 0 amide bonds. The molecule has 1 aromatic rings. The first-order chi connectivity index (χ1) is 3.79. The van der Waals surface area contributed by atoms with Crippen molar-refractivity contribution in [3.05, 3.63) is 29.8 Å². The van der Waals surface area contributed by atoms with Gasteiger partial charge in [0.05, 0.1) is 0 Å². The van der Waals surface area contributed by atoms with Crippen molar-refractivity contribution in [2.24, 2.45) is 0 Å². The van der Waals surface area contributed by atoms with Crippen molar-refractivity contribution in [3.8, 4) is 5.75 Å². The molecule has 0 fully saturated rings. The van der Waals surface area contributed by atoms with Crippen LogP contribution >= 0.6 is 0 Å². The van der Waals surface area contributed by atoms with Gasteiger partial charge < -0.3 is 5.11 Å². The summed E-state index contributed by atoms with van der Waals surface area (Å²) in [6, 6.07) is 7.09. The Morgan fingerprint density at radius 3 is 1.89 bits per heavy atom. The Morgan fingerprint density at radius 1 is 1.11 bits per heavy atom. The van der Waals surface area contributed by atoms with Gasteiger partial charge in [-0.2, -0.15) is 0 Å². The standard InChI is InChI=1S/C7H8O.Ca.2H/c1-6-2-4-7(8)5-3-6;;;/h2-5,8H,1H3;;;. The van der Waals surface area contributed by atoms with E-state index in [9.17, 15) is 0 Å². The second-order valence-corrected chi connectivity index (χ2v) is 1.84. The van der Waals surface area contributed by atoms with Gasteiger partial charge in [-0.15, -0.1) is 0 Å². The second kappa shape index (κ2) is 4.15. The van der Waals surface area contributed by atoms with Crippen LogP contribution in [-0.2, 0) is 0 Å².